The van der Waals surface area contributed by atoms with Crippen molar-refractivity contribution in [3.05, 3.63) is 71.8 Å². The van der Waals surface area contributed by atoms with Gasteiger partial charge in [-0.15, -0.1) is 0 Å². The van der Waals surface area contributed by atoms with E-state index in [1.807, 2.05) is 74.5 Å². The SMILES string of the molecule is CC(C)C[C@H](NC(=O)[C@H](Cc1ccccc1)NC(=O)[C@H](Cc1ccccc1)NC(=O)OC(C)(C)C)C(=O)O. The summed E-state index contributed by atoms with van der Waals surface area (Å²) in [6.07, 6.45) is -0.224. The van der Waals surface area contributed by atoms with Crippen LogP contribution in [0.15, 0.2) is 60.7 Å². The Balaban J connectivity index is 2.29. The van der Waals surface area contributed by atoms with Gasteiger partial charge in [0.1, 0.15) is 23.7 Å². The summed E-state index contributed by atoms with van der Waals surface area (Å²) in [6, 6.07) is 15.0. The van der Waals surface area contributed by atoms with Gasteiger partial charge in [-0.25, -0.2) is 9.59 Å². The summed E-state index contributed by atoms with van der Waals surface area (Å²) in [4.78, 5) is 51.0. The predicted molar refractivity (Wildman–Crippen MR) is 144 cm³/mol. The number of carboxylic acid groups (broad SMARTS) is 1. The molecule has 0 radical (unpaired) electrons. The first kappa shape index (κ1) is 30.3. The molecule has 0 heterocycles. The zero-order chi connectivity index (χ0) is 28.3. The fourth-order valence-electron chi connectivity index (χ4n) is 3.81. The highest BCUT2D eigenvalue weighted by atomic mass is 16.6. The van der Waals surface area contributed by atoms with Crippen LogP contribution in [0.3, 0.4) is 0 Å². The van der Waals surface area contributed by atoms with E-state index in [4.69, 9.17) is 4.74 Å². The van der Waals surface area contributed by atoms with Gasteiger partial charge in [-0.1, -0.05) is 74.5 Å². The normalized spacial score (nSPS) is 13.6. The number of benzene rings is 2. The Labute approximate surface area is 224 Å². The maximum absolute atomic E-state index is 13.5. The third-order valence-corrected chi connectivity index (χ3v) is 5.53. The Kier molecular flexibility index (Phi) is 11.3. The van der Waals surface area contributed by atoms with Crippen LogP contribution in [0.5, 0.6) is 0 Å². The molecule has 2 aromatic carbocycles. The molecule has 0 unspecified atom stereocenters. The molecule has 0 aliphatic rings. The minimum Gasteiger partial charge on any atom is -0.480 e. The summed E-state index contributed by atoms with van der Waals surface area (Å²) in [5.41, 5.74) is 0.814. The monoisotopic (exact) mass is 525 g/mol. The number of carboxylic acids is 1. The summed E-state index contributed by atoms with van der Waals surface area (Å²) >= 11 is 0. The van der Waals surface area contributed by atoms with Gasteiger partial charge in [-0.3, -0.25) is 9.59 Å². The fourth-order valence-corrected chi connectivity index (χ4v) is 3.81. The zero-order valence-corrected chi connectivity index (χ0v) is 22.7. The fraction of sp³-hybridized carbons (Fsp3) is 0.448. The van der Waals surface area contributed by atoms with Crippen molar-refractivity contribution in [3.8, 4) is 0 Å². The van der Waals surface area contributed by atoms with Crippen molar-refractivity contribution in [1.82, 2.24) is 16.0 Å². The molecule has 0 aliphatic carbocycles. The van der Waals surface area contributed by atoms with Crippen LogP contribution in [0.25, 0.3) is 0 Å². The molecular formula is C29H39N3O6. The van der Waals surface area contributed by atoms with Crippen molar-refractivity contribution >= 4 is 23.9 Å². The Bertz CT molecular complexity index is 1070. The second-order valence-corrected chi connectivity index (χ2v) is 10.7. The Morgan fingerprint density at radius 1 is 0.737 bits per heavy atom. The van der Waals surface area contributed by atoms with Crippen LogP contribution in [0.1, 0.15) is 52.2 Å². The molecular weight excluding hydrogens is 486 g/mol. The summed E-state index contributed by atoms with van der Waals surface area (Å²) in [5, 5.41) is 17.5. The summed E-state index contributed by atoms with van der Waals surface area (Å²) in [6.45, 7) is 8.88. The van der Waals surface area contributed by atoms with Gasteiger partial charge < -0.3 is 25.8 Å². The minimum atomic E-state index is -1.15. The van der Waals surface area contributed by atoms with Crippen molar-refractivity contribution in [2.24, 2.45) is 5.92 Å². The maximum Gasteiger partial charge on any atom is 0.408 e. The minimum absolute atomic E-state index is 0.0341. The number of nitrogens with one attached hydrogen (secondary N) is 3. The van der Waals surface area contributed by atoms with Gasteiger partial charge in [0.25, 0.3) is 0 Å². The molecule has 0 spiro atoms. The van der Waals surface area contributed by atoms with Crippen LogP contribution in [0, 0.1) is 5.92 Å². The Morgan fingerprint density at radius 3 is 1.55 bits per heavy atom. The molecule has 0 saturated heterocycles. The van der Waals surface area contributed by atoms with Gasteiger partial charge in [-0.05, 0) is 44.2 Å². The van der Waals surface area contributed by atoms with Crippen LogP contribution >= 0.6 is 0 Å². The highest BCUT2D eigenvalue weighted by molar-refractivity contribution is 5.93. The third kappa shape index (κ3) is 11.0. The molecule has 2 rings (SSSR count). The van der Waals surface area contributed by atoms with Gasteiger partial charge in [0.05, 0.1) is 0 Å². The molecule has 206 valence electrons. The maximum atomic E-state index is 13.5. The number of carbonyl (C=O) groups is 4. The zero-order valence-electron chi connectivity index (χ0n) is 22.7. The van der Waals surface area contributed by atoms with Crippen LogP contribution in [-0.4, -0.2) is 52.7 Å². The van der Waals surface area contributed by atoms with Crippen LogP contribution in [-0.2, 0) is 32.0 Å². The van der Waals surface area contributed by atoms with E-state index < -0.39 is 47.6 Å². The second kappa shape index (κ2) is 14.2. The van der Waals surface area contributed by atoms with Crippen molar-refractivity contribution < 1.29 is 29.0 Å². The van der Waals surface area contributed by atoms with E-state index in [-0.39, 0.29) is 25.2 Å². The van der Waals surface area contributed by atoms with Crippen molar-refractivity contribution in [2.75, 3.05) is 0 Å². The lowest BCUT2D eigenvalue weighted by Gasteiger charge is -2.26. The lowest BCUT2D eigenvalue weighted by Crippen LogP contribution is -2.57. The molecule has 9 nitrogen and oxygen atoms in total. The molecule has 4 N–H and O–H groups in total. The van der Waals surface area contributed by atoms with E-state index in [1.54, 1.807) is 20.8 Å². The predicted octanol–water partition coefficient (Wildman–Crippen LogP) is 3.47. The lowest BCUT2D eigenvalue weighted by molar-refractivity contribution is -0.142. The molecule has 38 heavy (non-hydrogen) atoms. The van der Waals surface area contributed by atoms with E-state index in [9.17, 15) is 24.3 Å². The van der Waals surface area contributed by atoms with Gasteiger partial charge in [0.2, 0.25) is 11.8 Å². The van der Waals surface area contributed by atoms with Crippen molar-refractivity contribution in [3.63, 3.8) is 0 Å². The summed E-state index contributed by atoms with van der Waals surface area (Å²) in [5.74, 6) is -2.32. The van der Waals surface area contributed by atoms with E-state index in [1.165, 1.54) is 0 Å². The molecule has 9 heteroatoms. The number of alkyl carbamates (subject to hydrolysis) is 1. The molecule has 0 saturated carbocycles. The summed E-state index contributed by atoms with van der Waals surface area (Å²) < 4.78 is 5.35. The second-order valence-electron chi connectivity index (χ2n) is 10.7. The average Bonchev–Trinajstić information content (AvgIpc) is 2.82. The number of carbonyl (C=O) groups excluding carboxylic acids is 3. The lowest BCUT2D eigenvalue weighted by atomic mass is 10.0. The van der Waals surface area contributed by atoms with Gasteiger partial charge in [-0.2, -0.15) is 0 Å². The van der Waals surface area contributed by atoms with Crippen molar-refractivity contribution in [1.29, 1.82) is 0 Å². The summed E-state index contributed by atoms with van der Waals surface area (Å²) in [7, 11) is 0. The number of aliphatic carboxylic acids is 1. The highest BCUT2D eigenvalue weighted by Gasteiger charge is 2.31. The van der Waals surface area contributed by atoms with Crippen LogP contribution < -0.4 is 16.0 Å². The first-order valence-corrected chi connectivity index (χ1v) is 12.7. The van der Waals surface area contributed by atoms with Crippen molar-refractivity contribution in [2.45, 2.75) is 77.6 Å². The highest BCUT2D eigenvalue weighted by Crippen LogP contribution is 2.11. The number of rotatable bonds is 12. The molecule has 3 atom stereocenters. The van der Waals surface area contributed by atoms with Gasteiger partial charge >= 0.3 is 12.1 Å². The average molecular weight is 526 g/mol. The third-order valence-electron chi connectivity index (χ3n) is 5.53. The molecule has 0 aromatic heterocycles. The molecule has 3 amide bonds. The van der Waals surface area contributed by atoms with E-state index in [2.05, 4.69) is 16.0 Å². The van der Waals surface area contributed by atoms with Crippen LogP contribution in [0.2, 0.25) is 0 Å². The molecule has 2 aromatic rings. The van der Waals surface area contributed by atoms with E-state index in [0.717, 1.165) is 11.1 Å². The smallest absolute Gasteiger partial charge is 0.408 e. The number of amides is 3. The molecule has 0 aliphatic heterocycles. The number of ether oxygens (including phenoxy) is 1. The van der Waals surface area contributed by atoms with E-state index >= 15 is 0 Å². The number of hydrogen-bond acceptors (Lipinski definition) is 5. The Hall–Kier alpha value is -3.88. The Morgan fingerprint density at radius 2 is 1.16 bits per heavy atom. The quantitative estimate of drug-likeness (QED) is 0.335. The van der Waals surface area contributed by atoms with Gasteiger partial charge in [0.15, 0.2) is 0 Å². The van der Waals surface area contributed by atoms with E-state index in [0.29, 0.717) is 0 Å². The van der Waals surface area contributed by atoms with Crippen LogP contribution in [0.4, 0.5) is 4.79 Å². The molecule has 0 bridgehead atoms. The first-order chi connectivity index (χ1) is 17.8. The van der Waals surface area contributed by atoms with Gasteiger partial charge in [0, 0.05) is 12.8 Å². The standard InChI is InChI=1S/C29H39N3O6/c1-19(2)16-24(27(35)36)31-25(33)22(17-20-12-8-6-9-13-20)30-26(34)23(18-21-14-10-7-11-15-21)32-28(37)38-29(3,4)5/h6-15,19,22-24H,16-18H2,1-5H3,(H,30,34)(H,31,33)(H,32,37)(H,35,36)/t22-,23-,24-/m0/s1. The topological polar surface area (TPSA) is 134 Å². The first-order valence-electron chi connectivity index (χ1n) is 12.7. The largest absolute Gasteiger partial charge is 0.480 e. The number of hydrogen-bond donors (Lipinski definition) is 4. The molecule has 0 fully saturated rings.